The minimum atomic E-state index is 0.155. The van der Waals surface area contributed by atoms with E-state index in [2.05, 4.69) is 24.0 Å². The molecule has 0 aliphatic carbocycles. The molecule has 1 saturated heterocycles. The zero-order valence-corrected chi connectivity index (χ0v) is 13.9. The molecule has 122 valence electrons. The Hall–Kier alpha value is -1.91. The molecule has 0 saturated carbocycles. The molecule has 5 heteroatoms. The van der Waals surface area contributed by atoms with Crippen molar-refractivity contribution in [3.8, 4) is 5.75 Å². The molecule has 1 aromatic rings. The molecule has 0 aromatic heterocycles. The summed E-state index contributed by atoms with van der Waals surface area (Å²) in [5.74, 6) is 0.870. The molecular weight excluding hydrogens is 278 g/mol. The Morgan fingerprint density at radius 1 is 1.18 bits per heavy atom. The second-order valence-electron chi connectivity index (χ2n) is 5.73. The molecule has 5 nitrogen and oxygen atoms in total. The number of rotatable bonds is 5. The van der Waals surface area contributed by atoms with Gasteiger partial charge in [0.1, 0.15) is 5.75 Å². The second-order valence-corrected chi connectivity index (χ2v) is 5.73. The van der Waals surface area contributed by atoms with Gasteiger partial charge in [0, 0.05) is 45.5 Å². The van der Waals surface area contributed by atoms with Crippen LogP contribution in [0.2, 0.25) is 0 Å². The summed E-state index contributed by atoms with van der Waals surface area (Å²) in [5, 5.41) is 0. The first-order valence-corrected chi connectivity index (χ1v) is 8.04. The molecule has 2 rings (SSSR count). The fraction of sp³-hybridized carbons (Fsp3) is 0.588. The van der Waals surface area contributed by atoms with Gasteiger partial charge in [-0.25, -0.2) is 4.79 Å². The number of hydrogen-bond donors (Lipinski definition) is 0. The van der Waals surface area contributed by atoms with E-state index in [0.29, 0.717) is 0 Å². The van der Waals surface area contributed by atoms with E-state index in [0.717, 1.165) is 51.3 Å². The van der Waals surface area contributed by atoms with Gasteiger partial charge >= 0.3 is 6.03 Å². The molecule has 1 heterocycles. The van der Waals surface area contributed by atoms with Crippen molar-refractivity contribution in [3.63, 3.8) is 0 Å². The number of urea groups is 1. The van der Waals surface area contributed by atoms with Crippen LogP contribution in [0.3, 0.4) is 0 Å². The zero-order valence-electron chi connectivity index (χ0n) is 13.9. The van der Waals surface area contributed by atoms with E-state index in [1.54, 1.807) is 7.11 Å². The third-order valence-electron chi connectivity index (χ3n) is 4.16. The average Bonchev–Trinajstić information content (AvgIpc) is 2.59. The number of ether oxygens (including phenoxy) is 1. The maximum absolute atomic E-state index is 12.3. The van der Waals surface area contributed by atoms with Crippen molar-refractivity contribution in [2.45, 2.75) is 19.8 Å². The number of piperazine rings is 1. The lowest BCUT2D eigenvalue weighted by Gasteiger charge is -2.37. The summed E-state index contributed by atoms with van der Waals surface area (Å²) in [6.45, 7) is 6.29. The van der Waals surface area contributed by atoms with Crippen LogP contribution in [0.15, 0.2) is 24.3 Å². The first-order chi connectivity index (χ1) is 10.7. The van der Waals surface area contributed by atoms with Gasteiger partial charge in [-0.3, -0.25) is 0 Å². The molecule has 1 aliphatic rings. The highest BCUT2D eigenvalue weighted by Crippen LogP contribution is 2.20. The van der Waals surface area contributed by atoms with Crippen LogP contribution in [0.1, 0.15) is 19.8 Å². The lowest BCUT2D eigenvalue weighted by molar-refractivity contribution is 0.159. The van der Waals surface area contributed by atoms with Gasteiger partial charge in [-0.15, -0.1) is 0 Å². The van der Waals surface area contributed by atoms with E-state index in [4.69, 9.17) is 4.74 Å². The fourth-order valence-electron chi connectivity index (χ4n) is 2.68. The SMILES string of the molecule is CCCCN(C)C(=O)N1CCN(c2ccc(OC)cc2)CC1. The Kier molecular flexibility index (Phi) is 5.92. The quantitative estimate of drug-likeness (QED) is 0.839. The van der Waals surface area contributed by atoms with Gasteiger partial charge in [0.05, 0.1) is 7.11 Å². The van der Waals surface area contributed by atoms with Crippen molar-refractivity contribution in [1.29, 1.82) is 0 Å². The number of carbonyl (C=O) groups is 1. The molecule has 0 atom stereocenters. The lowest BCUT2D eigenvalue weighted by Crippen LogP contribution is -2.52. The average molecular weight is 305 g/mol. The number of carbonyl (C=O) groups excluding carboxylic acids is 1. The van der Waals surface area contributed by atoms with Crippen LogP contribution in [0, 0.1) is 0 Å². The number of methoxy groups -OCH3 is 1. The highest BCUT2D eigenvalue weighted by Gasteiger charge is 2.23. The predicted octanol–water partition coefficient (Wildman–Crippen LogP) is 2.67. The molecule has 1 aromatic carbocycles. The summed E-state index contributed by atoms with van der Waals surface area (Å²) in [6.07, 6.45) is 2.18. The number of unbranched alkanes of at least 4 members (excludes halogenated alkanes) is 1. The highest BCUT2D eigenvalue weighted by molar-refractivity contribution is 5.74. The summed E-state index contributed by atoms with van der Waals surface area (Å²) in [5.41, 5.74) is 1.19. The number of hydrogen-bond acceptors (Lipinski definition) is 3. The molecule has 0 spiro atoms. The lowest BCUT2D eigenvalue weighted by atomic mass is 10.2. The third kappa shape index (κ3) is 4.06. The second kappa shape index (κ2) is 7.92. The van der Waals surface area contributed by atoms with E-state index in [9.17, 15) is 4.79 Å². The summed E-state index contributed by atoms with van der Waals surface area (Å²) >= 11 is 0. The van der Waals surface area contributed by atoms with Crippen molar-refractivity contribution in [2.75, 3.05) is 51.8 Å². The van der Waals surface area contributed by atoms with Crippen LogP contribution in [0.5, 0.6) is 5.75 Å². The fourth-order valence-corrected chi connectivity index (χ4v) is 2.68. The maximum Gasteiger partial charge on any atom is 0.319 e. The van der Waals surface area contributed by atoms with Gasteiger partial charge in [-0.1, -0.05) is 13.3 Å². The first kappa shape index (κ1) is 16.5. The molecule has 22 heavy (non-hydrogen) atoms. The summed E-state index contributed by atoms with van der Waals surface area (Å²) in [6, 6.07) is 8.26. The molecule has 0 bridgehead atoms. The standard InChI is InChI=1S/C17H27N3O2/c1-4-5-10-18(2)17(21)20-13-11-19(12-14-20)15-6-8-16(22-3)9-7-15/h6-9H,4-5,10-14H2,1-3H3. The molecule has 0 unspecified atom stereocenters. The van der Waals surface area contributed by atoms with Gasteiger partial charge in [-0.2, -0.15) is 0 Å². The summed E-state index contributed by atoms with van der Waals surface area (Å²) < 4.78 is 5.19. The Morgan fingerprint density at radius 3 is 2.36 bits per heavy atom. The predicted molar refractivity (Wildman–Crippen MR) is 89.7 cm³/mol. The van der Waals surface area contributed by atoms with Crippen LogP contribution < -0.4 is 9.64 Å². The van der Waals surface area contributed by atoms with Gasteiger partial charge in [0.25, 0.3) is 0 Å². The van der Waals surface area contributed by atoms with Crippen LogP contribution in [-0.2, 0) is 0 Å². The van der Waals surface area contributed by atoms with Crippen LogP contribution in [0.25, 0.3) is 0 Å². The van der Waals surface area contributed by atoms with E-state index in [-0.39, 0.29) is 6.03 Å². The number of anilines is 1. The smallest absolute Gasteiger partial charge is 0.319 e. The molecule has 0 N–H and O–H groups in total. The van der Waals surface area contributed by atoms with Crippen molar-refractivity contribution >= 4 is 11.7 Å². The topological polar surface area (TPSA) is 36.0 Å². The molecule has 0 radical (unpaired) electrons. The molecule has 1 fully saturated rings. The maximum atomic E-state index is 12.3. The van der Waals surface area contributed by atoms with E-state index in [1.807, 2.05) is 29.0 Å². The Balaban J connectivity index is 1.85. The van der Waals surface area contributed by atoms with Gasteiger partial charge in [0.2, 0.25) is 0 Å². The third-order valence-corrected chi connectivity index (χ3v) is 4.16. The molecule has 2 amide bonds. The Morgan fingerprint density at radius 2 is 1.82 bits per heavy atom. The Bertz CT molecular complexity index is 467. The number of benzene rings is 1. The van der Waals surface area contributed by atoms with E-state index in [1.165, 1.54) is 5.69 Å². The highest BCUT2D eigenvalue weighted by atomic mass is 16.5. The molecule has 1 aliphatic heterocycles. The Labute approximate surface area is 133 Å². The van der Waals surface area contributed by atoms with E-state index >= 15 is 0 Å². The van der Waals surface area contributed by atoms with Crippen LogP contribution in [0.4, 0.5) is 10.5 Å². The monoisotopic (exact) mass is 305 g/mol. The van der Waals surface area contributed by atoms with Gasteiger partial charge in [-0.05, 0) is 30.7 Å². The first-order valence-electron chi connectivity index (χ1n) is 8.04. The number of nitrogens with zero attached hydrogens (tertiary/aromatic N) is 3. The largest absolute Gasteiger partial charge is 0.497 e. The van der Waals surface area contributed by atoms with Gasteiger partial charge in [0.15, 0.2) is 0 Å². The van der Waals surface area contributed by atoms with Crippen molar-refractivity contribution in [2.24, 2.45) is 0 Å². The molecular formula is C17H27N3O2. The zero-order chi connectivity index (χ0) is 15.9. The van der Waals surface area contributed by atoms with Crippen LogP contribution >= 0.6 is 0 Å². The van der Waals surface area contributed by atoms with Crippen molar-refractivity contribution < 1.29 is 9.53 Å². The van der Waals surface area contributed by atoms with Gasteiger partial charge < -0.3 is 19.4 Å². The van der Waals surface area contributed by atoms with Crippen LogP contribution in [-0.4, -0.2) is 62.7 Å². The normalized spacial score (nSPS) is 14.9. The number of amides is 2. The van der Waals surface area contributed by atoms with Crippen molar-refractivity contribution in [1.82, 2.24) is 9.80 Å². The summed E-state index contributed by atoms with van der Waals surface area (Å²) in [4.78, 5) is 18.5. The summed E-state index contributed by atoms with van der Waals surface area (Å²) in [7, 11) is 3.57. The van der Waals surface area contributed by atoms with Crippen molar-refractivity contribution in [3.05, 3.63) is 24.3 Å². The minimum Gasteiger partial charge on any atom is -0.497 e. The van der Waals surface area contributed by atoms with E-state index < -0.39 is 0 Å². The minimum absolute atomic E-state index is 0.155.